The van der Waals surface area contributed by atoms with Gasteiger partial charge in [0.1, 0.15) is 11.4 Å². The van der Waals surface area contributed by atoms with Gasteiger partial charge in [-0.2, -0.15) is 0 Å². The normalized spacial score (nSPS) is 11.4. The minimum absolute atomic E-state index is 0.122. The Balaban J connectivity index is 1.96. The summed E-state index contributed by atoms with van der Waals surface area (Å²) in [7, 11) is 0. The largest absolute Gasteiger partial charge is 0.505 e. The standard InChI is InChI=1S/C18H24N2O3/c1-18(2,3)23-17(22)20-11-5-7-12-6-4-8-14-13(12)9-10-15(19)16(14)21/h4,6,8-10,21H,5,7,11,19H2,1-3H3,(H,20,22). The molecule has 5 nitrogen and oxygen atoms in total. The van der Waals surface area contributed by atoms with Crippen LogP contribution in [0.15, 0.2) is 30.3 Å². The molecule has 0 bridgehead atoms. The van der Waals surface area contributed by atoms with E-state index in [4.69, 9.17) is 10.5 Å². The Bertz CT molecular complexity index is 705. The number of alkyl carbamates (subject to hydrolysis) is 1. The van der Waals surface area contributed by atoms with E-state index in [1.165, 1.54) is 0 Å². The number of hydrogen-bond acceptors (Lipinski definition) is 4. The lowest BCUT2D eigenvalue weighted by atomic mass is 9.99. The maximum atomic E-state index is 11.6. The van der Waals surface area contributed by atoms with E-state index in [9.17, 15) is 9.90 Å². The van der Waals surface area contributed by atoms with Crippen molar-refractivity contribution in [2.45, 2.75) is 39.2 Å². The highest BCUT2D eigenvalue weighted by atomic mass is 16.6. The molecular weight excluding hydrogens is 292 g/mol. The van der Waals surface area contributed by atoms with Crippen molar-refractivity contribution in [3.8, 4) is 5.75 Å². The van der Waals surface area contributed by atoms with Crippen LogP contribution in [0.4, 0.5) is 10.5 Å². The van der Waals surface area contributed by atoms with Crippen LogP contribution in [0.5, 0.6) is 5.75 Å². The summed E-state index contributed by atoms with van der Waals surface area (Å²) < 4.78 is 5.19. The first-order valence-corrected chi connectivity index (χ1v) is 7.74. The summed E-state index contributed by atoms with van der Waals surface area (Å²) in [4.78, 5) is 11.6. The van der Waals surface area contributed by atoms with Gasteiger partial charge in [0, 0.05) is 11.9 Å². The first-order valence-electron chi connectivity index (χ1n) is 7.74. The van der Waals surface area contributed by atoms with Crippen LogP contribution in [0.1, 0.15) is 32.8 Å². The number of benzene rings is 2. The molecule has 0 spiro atoms. The number of rotatable bonds is 4. The number of aromatic hydroxyl groups is 1. The third-order valence-corrected chi connectivity index (χ3v) is 3.45. The van der Waals surface area contributed by atoms with Gasteiger partial charge in [-0.15, -0.1) is 0 Å². The number of nitrogens with two attached hydrogens (primary N) is 1. The number of anilines is 1. The number of carbonyl (C=O) groups excluding carboxylic acids is 1. The van der Waals surface area contributed by atoms with Crippen molar-refractivity contribution in [3.63, 3.8) is 0 Å². The maximum Gasteiger partial charge on any atom is 0.407 e. The summed E-state index contributed by atoms with van der Waals surface area (Å²) >= 11 is 0. The molecule has 0 saturated carbocycles. The monoisotopic (exact) mass is 316 g/mol. The highest BCUT2D eigenvalue weighted by Gasteiger charge is 2.15. The summed E-state index contributed by atoms with van der Waals surface area (Å²) in [5.41, 5.74) is 6.73. The predicted molar refractivity (Wildman–Crippen MR) is 92.6 cm³/mol. The lowest BCUT2D eigenvalue weighted by molar-refractivity contribution is 0.0527. The van der Waals surface area contributed by atoms with Crippen molar-refractivity contribution in [3.05, 3.63) is 35.9 Å². The van der Waals surface area contributed by atoms with E-state index in [1.54, 1.807) is 6.07 Å². The van der Waals surface area contributed by atoms with Gasteiger partial charge in [-0.3, -0.25) is 0 Å². The first-order chi connectivity index (χ1) is 10.8. The number of nitrogen functional groups attached to an aromatic ring is 1. The number of hydrogen-bond donors (Lipinski definition) is 3. The van der Waals surface area contributed by atoms with Gasteiger partial charge in [-0.05, 0) is 50.6 Å². The highest BCUT2D eigenvalue weighted by molar-refractivity contribution is 5.94. The molecule has 23 heavy (non-hydrogen) atoms. The van der Waals surface area contributed by atoms with Gasteiger partial charge in [-0.25, -0.2) is 4.79 Å². The number of amides is 1. The van der Waals surface area contributed by atoms with Crippen LogP contribution in [0.2, 0.25) is 0 Å². The molecule has 2 rings (SSSR count). The fourth-order valence-corrected chi connectivity index (χ4v) is 2.43. The van der Waals surface area contributed by atoms with Crippen molar-refractivity contribution in [1.82, 2.24) is 5.32 Å². The zero-order valence-electron chi connectivity index (χ0n) is 13.8. The molecule has 0 aliphatic heterocycles. The number of aryl methyl sites for hydroxylation is 1. The molecule has 5 heteroatoms. The predicted octanol–water partition coefficient (Wildman–Crippen LogP) is 3.58. The summed E-state index contributed by atoms with van der Waals surface area (Å²) in [5, 5.41) is 14.5. The number of carbonyl (C=O) groups is 1. The van der Waals surface area contributed by atoms with Gasteiger partial charge in [-0.1, -0.05) is 24.3 Å². The van der Waals surface area contributed by atoms with E-state index in [2.05, 4.69) is 5.32 Å². The molecular formula is C18H24N2O3. The van der Waals surface area contributed by atoms with Crippen molar-refractivity contribution in [2.24, 2.45) is 0 Å². The molecule has 2 aromatic carbocycles. The van der Waals surface area contributed by atoms with E-state index in [1.807, 2.05) is 45.0 Å². The molecule has 0 aliphatic carbocycles. The topological polar surface area (TPSA) is 84.6 Å². The smallest absolute Gasteiger partial charge is 0.407 e. The van der Waals surface area contributed by atoms with Crippen molar-refractivity contribution in [1.29, 1.82) is 0 Å². The number of fused-ring (bicyclic) bond motifs is 1. The molecule has 4 N–H and O–H groups in total. The lowest BCUT2D eigenvalue weighted by Gasteiger charge is -2.19. The molecule has 0 heterocycles. The average Bonchev–Trinajstić information content (AvgIpc) is 2.46. The minimum atomic E-state index is -0.489. The Morgan fingerprint density at radius 3 is 2.65 bits per heavy atom. The van der Waals surface area contributed by atoms with Crippen molar-refractivity contribution >= 4 is 22.6 Å². The Kier molecular flexibility index (Phi) is 4.98. The van der Waals surface area contributed by atoms with Crippen LogP contribution in [0.3, 0.4) is 0 Å². The number of phenols is 1. The fourth-order valence-electron chi connectivity index (χ4n) is 2.43. The summed E-state index contributed by atoms with van der Waals surface area (Å²) in [6.45, 7) is 6.04. The molecule has 124 valence electrons. The Labute approximate surface area is 136 Å². The van der Waals surface area contributed by atoms with Gasteiger partial charge in [0.25, 0.3) is 0 Å². The van der Waals surface area contributed by atoms with E-state index in [0.29, 0.717) is 12.2 Å². The SMILES string of the molecule is CC(C)(C)OC(=O)NCCCc1cccc2c(O)c(N)ccc12. The third kappa shape index (κ3) is 4.52. The van der Waals surface area contributed by atoms with Crippen LogP contribution in [-0.4, -0.2) is 23.3 Å². The first kappa shape index (κ1) is 16.9. The summed E-state index contributed by atoms with van der Waals surface area (Å²) in [6.07, 6.45) is 1.17. The van der Waals surface area contributed by atoms with E-state index < -0.39 is 11.7 Å². The van der Waals surface area contributed by atoms with Crippen LogP contribution in [-0.2, 0) is 11.2 Å². The average molecular weight is 316 g/mol. The van der Waals surface area contributed by atoms with Crippen LogP contribution >= 0.6 is 0 Å². The Morgan fingerprint density at radius 1 is 1.22 bits per heavy atom. The molecule has 0 saturated heterocycles. The van der Waals surface area contributed by atoms with Gasteiger partial charge < -0.3 is 20.9 Å². The van der Waals surface area contributed by atoms with E-state index >= 15 is 0 Å². The molecule has 0 unspecified atom stereocenters. The second-order valence-corrected chi connectivity index (χ2v) is 6.55. The molecule has 0 atom stereocenters. The summed E-state index contributed by atoms with van der Waals surface area (Å²) in [6, 6.07) is 9.40. The molecule has 1 amide bonds. The molecule has 0 aromatic heterocycles. The number of nitrogens with one attached hydrogen (secondary N) is 1. The highest BCUT2D eigenvalue weighted by Crippen LogP contribution is 2.32. The number of phenolic OH excluding ortho intramolecular Hbond substituents is 1. The number of ether oxygens (including phenoxy) is 1. The molecule has 2 aromatic rings. The van der Waals surface area contributed by atoms with Crippen molar-refractivity contribution < 1.29 is 14.6 Å². The zero-order chi connectivity index (χ0) is 17.0. The van der Waals surface area contributed by atoms with Crippen LogP contribution in [0, 0.1) is 0 Å². The van der Waals surface area contributed by atoms with Gasteiger partial charge in [0.05, 0.1) is 5.69 Å². The molecule has 0 aliphatic rings. The van der Waals surface area contributed by atoms with E-state index in [0.717, 1.165) is 29.2 Å². The van der Waals surface area contributed by atoms with Crippen LogP contribution in [0.25, 0.3) is 10.8 Å². The lowest BCUT2D eigenvalue weighted by Crippen LogP contribution is -2.33. The van der Waals surface area contributed by atoms with E-state index in [-0.39, 0.29) is 5.75 Å². The second kappa shape index (κ2) is 6.77. The quantitative estimate of drug-likeness (QED) is 0.457. The molecule has 0 radical (unpaired) electrons. The van der Waals surface area contributed by atoms with Gasteiger partial charge in [0.2, 0.25) is 0 Å². The Hall–Kier alpha value is -2.43. The zero-order valence-corrected chi connectivity index (χ0v) is 13.8. The summed E-state index contributed by atoms with van der Waals surface area (Å²) in [5.74, 6) is 0.122. The van der Waals surface area contributed by atoms with Crippen molar-refractivity contribution in [2.75, 3.05) is 12.3 Å². The third-order valence-electron chi connectivity index (χ3n) is 3.45. The minimum Gasteiger partial charge on any atom is -0.505 e. The van der Waals surface area contributed by atoms with Gasteiger partial charge >= 0.3 is 6.09 Å². The maximum absolute atomic E-state index is 11.6. The van der Waals surface area contributed by atoms with Crippen LogP contribution < -0.4 is 11.1 Å². The fraction of sp³-hybridized carbons (Fsp3) is 0.389. The Morgan fingerprint density at radius 2 is 1.96 bits per heavy atom. The van der Waals surface area contributed by atoms with Gasteiger partial charge in [0.15, 0.2) is 0 Å². The second-order valence-electron chi connectivity index (χ2n) is 6.55. The molecule has 0 fully saturated rings.